The molecule has 0 aliphatic rings. The molecule has 0 saturated carbocycles. The minimum atomic E-state index is -0.313. The van der Waals surface area contributed by atoms with E-state index in [4.69, 9.17) is 4.74 Å². The second-order valence-electron chi connectivity index (χ2n) is 5.46. The number of halogens is 2. The largest absolute Gasteiger partial charge is 0.462 e. The summed E-state index contributed by atoms with van der Waals surface area (Å²) in [4.78, 5) is 13.6. The molecule has 0 bridgehead atoms. The lowest BCUT2D eigenvalue weighted by molar-refractivity contribution is 0.0532. The van der Waals surface area contributed by atoms with Crippen LogP contribution in [0.15, 0.2) is 65.1 Å². The van der Waals surface area contributed by atoms with Gasteiger partial charge in [-0.2, -0.15) is 0 Å². The Labute approximate surface area is 158 Å². The average molecular weight is 419 g/mol. The Morgan fingerprint density at radius 1 is 1.04 bits per heavy atom. The van der Waals surface area contributed by atoms with Crippen molar-refractivity contribution in [2.24, 2.45) is 0 Å². The summed E-state index contributed by atoms with van der Waals surface area (Å²) in [5.74, 6) is -0.647. The van der Waals surface area contributed by atoms with Crippen molar-refractivity contribution in [3.05, 3.63) is 91.8 Å². The van der Waals surface area contributed by atoms with Gasteiger partial charge in [-0.05, 0) is 54.4 Å². The highest BCUT2D eigenvalue weighted by Gasteiger charge is 2.21. The standard InChI is InChI=1S/C20H16BrFO2S/c1-2-24-20(23)18-12-11-17(25-18)19(13-3-7-15(21)8-4-13)14-5-9-16(22)10-6-14/h3-12,19H,2H2,1H3/t19-/m0/s1. The van der Waals surface area contributed by atoms with Crippen LogP contribution in [0.5, 0.6) is 0 Å². The van der Waals surface area contributed by atoms with Crippen LogP contribution >= 0.6 is 27.3 Å². The first-order chi connectivity index (χ1) is 12.1. The summed E-state index contributed by atoms with van der Waals surface area (Å²) >= 11 is 4.86. The lowest BCUT2D eigenvalue weighted by Gasteiger charge is -2.17. The van der Waals surface area contributed by atoms with Crippen molar-refractivity contribution in [1.82, 2.24) is 0 Å². The Morgan fingerprint density at radius 2 is 1.64 bits per heavy atom. The van der Waals surface area contributed by atoms with Crippen LogP contribution in [0.25, 0.3) is 0 Å². The van der Waals surface area contributed by atoms with Gasteiger partial charge < -0.3 is 4.74 Å². The van der Waals surface area contributed by atoms with Crippen LogP contribution in [-0.2, 0) is 4.74 Å². The summed E-state index contributed by atoms with van der Waals surface area (Å²) < 4.78 is 19.4. The van der Waals surface area contributed by atoms with Crippen molar-refractivity contribution >= 4 is 33.2 Å². The third-order valence-corrected chi connectivity index (χ3v) is 5.45. The maximum atomic E-state index is 13.3. The van der Waals surface area contributed by atoms with E-state index in [0.717, 1.165) is 20.5 Å². The van der Waals surface area contributed by atoms with E-state index in [1.165, 1.54) is 23.5 Å². The summed E-state index contributed by atoms with van der Waals surface area (Å²) in [5, 5.41) is 0. The maximum Gasteiger partial charge on any atom is 0.348 e. The Bertz CT molecular complexity index is 811. The van der Waals surface area contributed by atoms with Gasteiger partial charge in [0.2, 0.25) is 0 Å². The number of carbonyl (C=O) groups excluding carboxylic acids is 1. The molecule has 0 aliphatic carbocycles. The molecule has 0 N–H and O–H groups in total. The van der Waals surface area contributed by atoms with Crippen LogP contribution in [0.1, 0.15) is 38.5 Å². The van der Waals surface area contributed by atoms with E-state index in [1.807, 2.05) is 30.3 Å². The molecule has 2 aromatic carbocycles. The Kier molecular flexibility index (Phi) is 5.66. The normalized spacial score (nSPS) is 12.0. The predicted octanol–water partition coefficient (Wildman–Crippen LogP) is 6.01. The number of ether oxygens (including phenoxy) is 1. The number of benzene rings is 2. The predicted molar refractivity (Wildman–Crippen MR) is 102 cm³/mol. The second kappa shape index (κ2) is 7.93. The van der Waals surface area contributed by atoms with Gasteiger partial charge in [0.25, 0.3) is 0 Å². The van der Waals surface area contributed by atoms with Crippen molar-refractivity contribution in [1.29, 1.82) is 0 Å². The number of carbonyl (C=O) groups is 1. The summed E-state index contributed by atoms with van der Waals surface area (Å²) in [6.45, 7) is 2.13. The summed E-state index contributed by atoms with van der Waals surface area (Å²) in [7, 11) is 0. The Hall–Kier alpha value is -1.98. The number of thiophene rings is 1. The quantitative estimate of drug-likeness (QED) is 0.474. The average Bonchev–Trinajstić information content (AvgIpc) is 3.08. The van der Waals surface area contributed by atoms with Crippen LogP contribution in [-0.4, -0.2) is 12.6 Å². The van der Waals surface area contributed by atoms with E-state index in [9.17, 15) is 9.18 Å². The molecule has 1 aromatic heterocycles. The first kappa shape index (κ1) is 17.8. The number of hydrogen-bond donors (Lipinski definition) is 0. The fourth-order valence-electron chi connectivity index (χ4n) is 2.65. The molecule has 3 rings (SSSR count). The minimum absolute atomic E-state index is 0.0677. The summed E-state index contributed by atoms with van der Waals surface area (Å²) in [6, 6.07) is 18.2. The van der Waals surface area contributed by atoms with Crippen molar-refractivity contribution in [3.63, 3.8) is 0 Å². The van der Waals surface area contributed by atoms with Gasteiger partial charge in [-0.25, -0.2) is 9.18 Å². The van der Waals surface area contributed by atoms with E-state index in [2.05, 4.69) is 15.9 Å². The highest BCUT2D eigenvalue weighted by Crippen LogP contribution is 2.36. The van der Waals surface area contributed by atoms with Gasteiger partial charge in [0.1, 0.15) is 10.7 Å². The highest BCUT2D eigenvalue weighted by atomic mass is 79.9. The molecule has 1 heterocycles. The second-order valence-corrected chi connectivity index (χ2v) is 7.49. The zero-order valence-corrected chi connectivity index (χ0v) is 15.9. The van der Waals surface area contributed by atoms with Crippen molar-refractivity contribution < 1.29 is 13.9 Å². The van der Waals surface area contributed by atoms with Crippen LogP contribution in [0.2, 0.25) is 0 Å². The van der Waals surface area contributed by atoms with E-state index in [0.29, 0.717) is 11.5 Å². The molecule has 0 unspecified atom stereocenters. The Balaban J connectivity index is 2.03. The number of esters is 1. The lowest BCUT2D eigenvalue weighted by atomic mass is 9.90. The van der Waals surface area contributed by atoms with E-state index < -0.39 is 0 Å². The smallest absolute Gasteiger partial charge is 0.348 e. The molecule has 5 heteroatoms. The van der Waals surface area contributed by atoms with Gasteiger partial charge in [-0.3, -0.25) is 0 Å². The lowest BCUT2D eigenvalue weighted by Crippen LogP contribution is -2.02. The van der Waals surface area contributed by atoms with Crippen LogP contribution in [0, 0.1) is 5.82 Å². The minimum Gasteiger partial charge on any atom is -0.462 e. The van der Waals surface area contributed by atoms with Gasteiger partial charge >= 0.3 is 5.97 Å². The van der Waals surface area contributed by atoms with Gasteiger partial charge in [-0.15, -0.1) is 11.3 Å². The molecule has 0 amide bonds. The number of hydrogen-bond acceptors (Lipinski definition) is 3. The molecular weight excluding hydrogens is 403 g/mol. The van der Waals surface area contributed by atoms with E-state index in [1.54, 1.807) is 25.1 Å². The number of rotatable bonds is 5. The molecule has 25 heavy (non-hydrogen) atoms. The van der Waals surface area contributed by atoms with Gasteiger partial charge in [0.05, 0.1) is 6.61 Å². The first-order valence-corrected chi connectivity index (χ1v) is 9.47. The van der Waals surface area contributed by atoms with Crippen LogP contribution in [0.3, 0.4) is 0 Å². The van der Waals surface area contributed by atoms with Crippen molar-refractivity contribution in [2.45, 2.75) is 12.8 Å². The molecule has 0 radical (unpaired) electrons. The van der Waals surface area contributed by atoms with Gasteiger partial charge in [0.15, 0.2) is 0 Å². The molecule has 0 fully saturated rings. The highest BCUT2D eigenvalue weighted by molar-refractivity contribution is 9.10. The van der Waals surface area contributed by atoms with Crippen molar-refractivity contribution in [2.75, 3.05) is 6.61 Å². The fraction of sp³-hybridized carbons (Fsp3) is 0.150. The fourth-order valence-corrected chi connectivity index (χ4v) is 3.97. The zero-order valence-electron chi connectivity index (χ0n) is 13.5. The molecule has 1 atom stereocenters. The van der Waals surface area contributed by atoms with Crippen molar-refractivity contribution in [3.8, 4) is 0 Å². The van der Waals surface area contributed by atoms with Gasteiger partial charge in [0, 0.05) is 15.3 Å². The molecule has 128 valence electrons. The maximum absolute atomic E-state index is 13.3. The van der Waals surface area contributed by atoms with Crippen LogP contribution < -0.4 is 0 Å². The molecular formula is C20H16BrFO2S. The molecule has 3 aromatic rings. The molecule has 0 spiro atoms. The monoisotopic (exact) mass is 418 g/mol. The van der Waals surface area contributed by atoms with Crippen LogP contribution in [0.4, 0.5) is 4.39 Å². The van der Waals surface area contributed by atoms with Gasteiger partial charge in [-0.1, -0.05) is 40.2 Å². The molecule has 0 aliphatic heterocycles. The first-order valence-electron chi connectivity index (χ1n) is 7.86. The topological polar surface area (TPSA) is 26.3 Å². The Morgan fingerprint density at radius 3 is 2.24 bits per heavy atom. The zero-order chi connectivity index (χ0) is 17.8. The van der Waals surface area contributed by atoms with E-state index >= 15 is 0 Å². The third kappa shape index (κ3) is 4.17. The molecule has 0 saturated heterocycles. The third-order valence-electron chi connectivity index (χ3n) is 3.79. The summed E-state index contributed by atoms with van der Waals surface area (Å²) in [6.07, 6.45) is 0. The SMILES string of the molecule is CCOC(=O)c1ccc([C@H](c2ccc(F)cc2)c2ccc(Br)cc2)s1. The van der Waals surface area contributed by atoms with E-state index in [-0.39, 0.29) is 17.7 Å². The molecule has 2 nitrogen and oxygen atoms in total. The summed E-state index contributed by atoms with van der Waals surface area (Å²) in [5.41, 5.74) is 2.05.